The second kappa shape index (κ2) is 6.24. The fourth-order valence-corrected chi connectivity index (χ4v) is 3.87. The molecule has 2 rings (SSSR count). The fraction of sp³-hybridized carbons (Fsp3) is 0.333. The number of benzene rings is 2. The Bertz CT molecular complexity index is 677. The van der Waals surface area contributed by atoms with Gasteiger partial charge in [0.2, 0.25) is 10.0 Å². The molecule has 0 amide bonds. The van der Waals surface area contributed by atoms with Gasteiger partial charge < -0.3 is 5.11 Å². The van der Waals surface area contributed by atoms with Crippen LogP contribution in [0.3, 0.4) is 0 Å². The first-order valence-corrected chi connectivity index (χ1v) is 8.30. The van der Waals surface area contributed by atoms with Gasteiger partial charge in [0.15, 0.2) is 0 Å². The molecule has 0 atom stereocenters. The van der Waals surface area contributed by atoms with Crippen molar-refractivity contribution in [1.82, 2.24) is 0 Å². The number of nitrogens with zero attached hydrogens (tertiary/aromatic N) is 1. The number of fused-ring (bicyclic) bond motifs is 1. The summed E-state index contributed by atoms with van der Waals surface area (Å²) in [6.45, 7) is 2.08. The van der Waals surface area contributed by atoms with Crippen LogP contribution in [-0.4, -0.2) is 32.4 Å². The van der Waals surface area contributed by atoms with Crippen molar-refractivity contribution in [2.75, 3.05) is 23.2 Å². The van der Waals surface area contributed by atoms with E-state index in [9.17, 15) is 8.42 Å². The number of sulfonamides is 1. The Labute approximate surface area is 119 Å². The molecule has 20 heavy (non-hydrogen) atoms. The molecule has 0 spiro atoms. The molecule has 5 heteroatoms. The zero-order valence-corrected chi connectivity index (χ0v) is 12.3. The van der Waals surface area contributed by atoms with Crippen LogP contribution in [0, 0.1) is 0 Å². The van der Waals surface area contributed by atoms with Gasteiger partial charge in [-0.25, -0.2) is 8.42 Å². The van der Waals surface area contributed by atoms with E-state index in [1.165, 1.54) is 4.31 Å². The molecule has 0 fully saturated rings. The SMILES string of the molecule is CCN(c1cccc2ccccc12)S(=O)(=O)CCCO. The zero-order valence-electron chi connectivity index (χ0n) is 11.5. The van der Waals surface area contributed by atoms with E-state index in [4.69, 9.17) is 5.11 Å². The maximum atomic E-state index is 12.4. The van der Waals surface area contributed by atoms with Gasteiger partial charge in [0.25, 0.3) is 0 Å². The molecular formula is C15H19NO3S. The predicted octanol–water partition coefficient (Wildman–Crippen LogP) is 2.38. The van der Waals surface area contributed by atoms with Crippen molar-refractivity contribution in [3.63, 3.8) is 0 Å². The quantitative estimate of drug-likeness (QED) is 0.889. The summed E-state index contributed by atoms with van der Waals surface area (Å²) in [4.78, 5) is 0. The third-order valence-electron chi connectivity index (χ3n) is 3.22. The Morgan fingerprint density at radius 2 is 1.80 bits per heavy atom. The Hall–Kier alpha value is -1.59. The van der Waals surface area contributed by atoms with Crippen LogP contribution in [0.4, 0.5) is 5.69 Å². The van der Waals surface area contributed by atoms with E-state index < -0.39 is 10.0 Å². The Morgan fingerprint density at radius 3 is 2.50 bits per heavy atom. The lowest BCUT2D eigenvalue weighted by atomic mass is 10.1. The number of aliphatic hydroxyl groups excluding tert-OH is 1. The summed E-state index contributed by atoms with van der Waals surface area (Å²) in [5, 5.41) is 10.8. The lowest BCUT2D eigenvalue weighted by Crippen LogP contribution is -2.33. The first-order valence-electron chi connectivity index (χ1n) is 6.69. The van der Waals surface area contributed by atoms with Crippen LogP contribution < -0.4 is 4.31 Å². The third-order valence-corrected chi connectivity index (χ3v) is 5.15. The summed E-state index contributed by atoms with van der Waals surface area (Å²) in [5.74, 6) is -0.0411. The van der Waals surface area contributed by atoms with Crippen LogP contribution in [0.2, 0.25) is 0 Å². The van der Waals surface area contributed by atoms with Gasteiger partial charge in [-0.1, -0.05) is 36.4 Å². The monoisotopic (exact) mass is 293 g/mol. The average Bonchev–Trinajstić information content (AvgIpc) is 2.46. The van der Waals surface area contributed by atoms with Gasteiger partial charge in [0, 0.05) is 18.5 Å². The van der Waals surface area contributed by atoms with Gasteiger partial charge in [0.1, 0.15) is 0 Å². The zero-order chi connectivity index (χ0) is 14.6. The molecule has 108 valence electrons. The number of aliphatic hydroxyl groups is 1. The molecule has 0 saturated carbocycles. The van der Waals surface area contributed by atoms with E-state index in [1.807, 2.05) is 49.4 Å². The van der Waals surface area contributed by atoms with Crippen LogP contribution in [0.15, 0.2) is 42.5 Å². The van der Waals surface area contributed by atoms with Crippen molar-refractivity contribution in [2.45, 2.75) is 13.3 Å². The molecule has 0 aliphatic rings. The van der Waals surface area contributed by atoms with Crippen molar-refractivity contribution >= 4 is 26.5 Å². The number of anilines is 1. The van der Waals surface area contributed by atoms with E-state index in [-0.39, 0.29) is 18.8 Å². The minimum Gasteiger partial charge on any atom is -0.396 e. The van der Waals surface area contributed by atoms with E-state index in [0.29, 0.717) is 12.2 Å². The molecule has 1 N–H and O–H groups in total. The van der Waals surface area contributed by atoms with Gasteiger partial charge in [-0.2, -0.15) is 0 Å². The molecule has 0 aliphatic carbocycles. The minimum absolute atomic E-state index is 0.0411. The molecule has 2 aromatic carbocycles. The second-order valence-electron chi connectivity index (χ2n) is 4.56. The molecular weight excluding hydrogens is 274 g/mol. The highest BCUT2D eigenvalue weighted by molar-refractivity contribution is 7.92. The van der Waals surface area contributed by atoms with E-state index in [0.717, 1.165) is 10.8 Å². The molecule has 0 bridgehead atoms. The predicted molar refractivity (Wildman–Crippen MR) is 82.5 cm³/mol. The van der Waals surface area contributed by atoms with Crippen molar-refractivity contribution < 1.29 is 13.5 Å². The van der Waals surface area contributed by atoms with Crippen LogP contribution >= 0.6 is 0 Å². The summed E-state index contributed by atoms with van der Waals surface area (Å²) in [6, 6.07) is 13.4. The van der Waals surface area contributed by atoms with Crippen LogP contribution in [-0.2, 0) is 10.0 Å². The summed E-state index contributed by atoms with van der Waals surface area (Å²) in [5.41, 5.74) is 0.698. The summed E-state index contributed by atoms with van der Waals surface area (Å²) in [6.07, 6.45) is 0.254. The van der Waals surface area contributed by atoms with Gasteiger partial charge >= 0.3 is 0 Å². The standard InChI is InChI=1S/C15H19NO3S/c1-2-16(20(18,19)12-6-11-17)15-10-5-8-13-7-3-4-9-14(13)15/h3-5,7-10,17H,2,6,11-12H2,1H3. The average molecular weight is 293 g/mol. The minimum atomic E-state index is -3.41. The molecule has 0 saturated heterocycles. The van der Waals surface area contributed by atoms with E-state index in [1.54, 1.807) is 0 Å². The van der Waals surface area contributed by atoms with Crippen LogP contribution in [0.1, 0.15) is 13.3 Å². The highest BCUT2D eigenvalue weighted by Gasteiger charge is 2.21. The largest absolute Gasteiger partial charge is 0.396 e. The van der Waals surface area contributed by atoms with Crippen LogP contribution in [0.25, 0.3) is 10.8 Å². The normalized spacial score (nSPS) is 11.7. The lowest BCUT2D eigenvalue weighted by molar-refractivity contribution is 0.295. The van der Waals surface area contributed by atoms with Crippen molar-refractivity contribution in [3.8, 4) is 0 Å². The fourth-order valence-electron chi connectivity index (χ4n) is 2.30. The molecule has 0 unspecified atom stereocenters. The maximum absolute atomic E-state index is 12.4. The van der Waals surface area contributed by atoms with Crippen molar-refractivity contribution in [1.29, 1.82) is 0 Å². The summed E-state index contributed by atoms with van der Waals surface area (Å²) in [7, 11) is -3.41. The Morgan fingerprint density at radius 1 is 1.10 bits per heavy atom. The molecule has 0 aliphatic heterocycles. The Balaban J connectivity index is 2.50. The first-order chi connectivity index (χ1) is 9.60. The van der Waals surface area contributed by atoms with Gasteiger partial charge in [-0.05, 0) is 24.8 Å². The van der Waals surface area contributed by atoms with E-state index in [2.05, 4.69) is 0 Å². The van der Waals surface area contributed by atoms with Gasteiger partial charge in [-0.15, -0.1) is 0 Å². The van der Waals surface area contributed by atoms with Crippen LogP contribution in [0.5, 0.6) is 0 Å². The second-order valence-corrected chi connectivity index (χ2v) is 6.57. The number of rotatable bonds is 6. The topological polar surface area (TPSA) is 57.6 Å². The first kappa shape index (κ1) is 14.8. The number of hydrogen-bond acceptors (Lipinski definition) is 3. The highest BCUT2D eigenvalue weighted by atomic mass is 32.2. The molecule has 4 nitrogen and oxygen atoms in total. The number of hydrogen-bond donors (Lipinski definition) is 1. The highest BCUT2D eigenvalue weighted by Crippen LogP contribution is 2.28. The van der Waals surface area contributed by atoms with Gasteiger partial charge in [-0.3, -0.25) is 4.31 Å². The van der Waals surface area contributed by atoms with Crippen molar-refractivity contribution in [2.24, 2.45) is 0 Å². The molecule has 0 heterocycles. The van der Waals surface area contributed by atoms with E-state index >= 15 is 0 Å². The molecule has 0 radical (unpaired) electrons. The van der Waals surface area contributed by atoms with Crippen molar-refractivity contribution in [3.05, 3.63) is 42.5 Å². The molecule has 2 aromatic rings. The molecule has 0 aromatic heterocycles. The smallest absolute Gasteiger partial charge is 0.235 e. The summed E-state index contributed by atoms with van der Waals surface area (Å²) < 4.78 is 26.2. The summed E-state index contributed by atoms with van der Waals surface area (Å²) >= 11 is 0. The third kappa shape index (κ3) is 2.94. The lowest BCUT2D eigenvalue weighted by Gasteiger charge is -2.24. The Kier molecular flexibility index (Phi) is 4.62. The van der Waals surface area contributed by atoms with Gasteiger partial charge in [0.05, 0.1) is 11.4 Å². The maximum Gasteiger partial charge on any atom is 0.235 e.